The molecule has 15 heteroatoms. The molecular formula is C45H50N4O11. The second kappa shape index (κ2) is 24.1. The van der Waals surface area contributed by atoms with Crippen molar-refractivity contribution in [1.82, 2.24) is 21.3 Å². The van der Waals surface area contributed by atoms with Crippen molar-refractivity contribution in [2.45, 2.75) is 83.1 Å². The summed E-state index contributed by atoms with van der Waals surface area (Å²) in [5.41, 5.74) is 2.04. The standard InChI is InChI=1S/C45H50N4O11/c1-30(2)47-38(28-31-21-23-35(24-22-31)59-43(55)33-16-8-4-9-17-33)41(52)48-36(25-26-39(50)60-44(56)34-18-10-5-11-19-34)40(51)49-37(42(53)54)20-12-13-27-46-45(57)58-29-32-14-6-3-7-15-32/h3-11,14-19,21-24,30,36-38,47H,12-13,20,25-29H2,1-2H3,(H,46,57)(H,48,52)(H,49,51)(H,53,54). The van der Waals surface area contributed by atoms with Crippen molar-refractivity contribution in [1.29, 1.82) is 0 Å². The molecule has 0 aromatic heterocycles. The van der Waals surface area contributed by atoms with Crippen molar-refractivity contribution in [3.05, 3.63) is 138 Å². The van der Waals surface area contributed by atoms with Gasteiger partial charge in [0.15, 0.2) is 0 Å². The van der Waals surface area contributed by atoms with Crippen molar-refractivity contribution in [3.63, 3.8) is 0 Å². The van der Waals surface area contributed by atoms with E-state index in [-0.39, 0.29) is 44.0 Å². The van der Waals surface area contributed by atoms with E-state index in [1.165, 1.54) is 12.1 Å². The molecule has 5 N–H and O–H groups in total. The zero-order valence-corrected chi connectivity index (χ0v) is 33.5. The van der Waals surface area contributed by atoms with Gasteiger partial charge in [0.05, 0.1) is 17.2 Å². The van der Waals surface area contributed by atoms with E-state index in [9.17, 15) is 38.7 Å². The van der Waals surface area contributed by atoms with Gasteiger partial charge in [-0.2, -0.15) is 0 Å². The second-order valence-electron chi connectivity index (χ2n) is 14.1. The number of carbonyl (C=O) groups is 7. The highest BCUT2D eigenvalue weighted by Crippen LogP contribution is 2.17. The predicted octanol–water partition coefficient (Wildman–Crippen LogP) is 5.13. The van der Waals surface area contributed by atoms with Crippen molar-refractivity contribution >= 4 is 41.8 Å². The number of carboxylic acids is 1. The quantitative estimate of drug-likeness (QED) is 0.0302. The number of rotatable bonds is 22. The van der Waals surface area contributed by atoms with Crippen LogP contribution in [-0.2, 0) is 41.7 Å². The number of amides is 3. The van der Waals surface area contributed by atoms with Crippen LogP contribution in [0.5, 0.6) is 5.75 Å². The van der Waals surface area contributed by atoms with Crippen LogP contribution in [0, 0.1) is 0 Å². The minimum atomic E-state index is -1.41. The summed E-state index contributed by atoms with van der Waals surface area (Å²) in [5, 5.41) is 20.9. The molecular weight excluding hydrogens is 773 g/mol. The molecule has 0 saturated carbocycles. The van der Waals surface area contributed by atoms with Gasteiger partial charge in [-0.3, -0.25) is 14.4 Å². The smallest absolute Gasteiger partial charge is 0.407 e. The van der Waals surface area contributed by atoms with Crippen LogP contribution in [0.15, 0.2) is 115 Å². The predicted molar refractivity (Wildman–Crippen MR) is 220 cm³/mol. The van der Waals surface area contributed by atoms with Gasteiger partial charge < -0.3 is 40.6 Å². The fourth-order valence-electron chi connectivity index (χ4n) is 5.86. The molecule has 3 atom stereocenters. The third-order valence-electron chi connectivity index (χ3n) is 8.94. The van der Waals surface area contributed by atoms with E-state index in [0.717, 1.165) is 5.56 Å². The van der Waals surface area contributed by atoms with Gasteiger partial charge in [0.2, 0.25) is 11.8 Å². The monoisotopic (exact) mass is 822 g/mol. The van der Waals surface area contributed by atoms with Crippen LogP contribution in [-0.4, -0.2) is 77.6 Å². The molecule has 0 aliphatic heterocycles. The summed E-state index contributed by atoms with van der Waals surface area (Å²) in [6.45, 7) is 3.95. The van der Waals surface area contributed by atoms with Crippen LogP contribution < -0.4 is 26.0 Å². The van der Waals surface area contributed by atoms with Crippen LogP contribution >= 0.6 is 0 Å². The molecule has 0 aliphatic rings. The van der Waals surface area contributed by atoms with Crippen molar-refractivity contribution in [2.24, 2.45) is 0 Å². The van der Waals surface area contributed by atoms with Crippen molar-refractivity contribution in [2.75, 3.05) is 6.54 Å². The van der Waals surface area contributed by atoms with Crippen molar-refractivity contribution in [3.8, 4) is 5.75 Å². The number of ether oxygens (including phenoxy) is 3. The lowest BCUT2D eigenvalue weighted by Gasteiger charge is -2.25. The zero-order valence-electron chi connectivity index (χ0n) is 33.5. The summed E-state index contributed by atoms with van der Waals surface area (Å²) >= 11 is 0. The fraction of sp³-hybridized carbons (Fsp3) is 0.311. The number of alkyl carbamates (subject to hydrolysis) is 1. The second-order valence-corrected chi connectivity index (χ2v) is 14.1. The molecule has 3 amide bonds. The van der Waals surface area contributed by atoms with Gasteiger partial charge in [0.25, 0.3) is 0 Å². The average molecular weight is 823 g/mol. The van der Waals surface area contributed by atoms with Gasteiger partial charge in [-0.25, -0.2) is 19.2 Å². The van der Waals surface area contributed by atoms with E-state index in [0.29, 0.717) is 29.7 Å². The minimum Gasteiger partial charge on any atom is -0.480 e. The lowest BCUT2D eigenvalue weighted by atomic mass is 10.0. The zero-order chi connectivity index (χ0) is 43.3. The van der Waals surface area contributed by atoms with Gasteiger partial charge in [-0.05, 0) is 79.6 Å². The number of hydrogen-bond acceptors (Lipinski definition) is 11. The Labute approximate surface area is 348 Å². The molecule has 316 valence electrons. The molecule has 0 heterocycles. The Hall–Kier alpha value is -6.87. The van der Waals surface area contributed by atoms with Crippen LogP contribution in [0.4, 0.5) is 4.79 Å². The number of unbranched alkanes of at least 4 members (excludes halogenated alkanes) is 1. The summed E-state index contributed by atoms with van der Waals surface area (Å²) in [5.74, 6) is -4.89. The third kappa shape index (κ3) is 16.2. The SMILES string of the molecule is CC(C)NC(Cc1ccc(OC(=O)c2ccccc2)cc1)C(=O)NC(CCC(=O)OC(=O)c1ccccc1)C(=O)NC(CCCCNC(=O)OCc1ccccc1)C(=O)O. The maximum atomic E-state index is 13.9. The Balaban J connectivity index is 1.38. The molecule has 0 fully saturated rings. The highest BCUT2D eigenvalue weighted by Gasteiger charge is 2.30. The molecule has 4 aromatic carbocycles. The molecule has 15 nitrogen and oxygen atoms in total. The molecule has 3 unspecified atom stereocenters. The molecule has 0 aliphatic carbocycles. The maximum absolute atomic E-state index is 13.9. The molecule has 0 bridgehead atoms. The molecule has 4 rings (SSSR count). The van der Waals surface area contributed by atoms with E-state index in [2.05, 4.69) is 21.3 Å². The van der Waals surface area contributed by atoms with E-state index < -0.39 is 66.3 Å². The van der Waals surface area contributed by atoms with Gasteiger partial charge in [0, 0.05) is 19.0 Å². The largest absolute Gasteiger partial charge is 0.480 e. The summed E-state index contributed by atoms with van der Waals surface area (Å²) in [6.07, 6.45) is -0.612. The maximum Gasteiger partial charge on any atom is 0.407 e. The van der Waals surface area contributed by atoms with E-state index >= 15 is 0 Å². The van der Waals surface area contributed by atoms with Crippen LogP contribution in [0.3, 0.4) is 0 Å². The fourth-order valence-corrected chi connectivity index (χ4v) is 5.86. The molecule has 0 radical (unpaired) electrons. The number of aliphatic carboxylic acids is 1. The number of carbonyl (C=O) groups excluding carboxylic acids is 6. The highest BCUT2D eigenvalue weighted by atomic mass is 16.6. The first kappa shape index (κ1) is 45.8. The van der Waals surface area contributed by atoms with E-state index in [1.807, 2.05) is 44.2 Å². The van der Waals surface area contributed by atoms with Gasteiger partial charge in [-0.15, -0.1) is 0 Å². The van der Waals surface area contributed by atoms with Crippen LogP contribution in [0.25, 0.3) is 0 Å². The Morgan fingerprint density at radius 3 is 1.78 bits per heavy atom. The highest BCUT2D eigenvalue weighted by molar-refractivity contribution is 5.97. The molecule has 60 heavy (non-hydrogen) atoms. The normalized spacial score (nSPS) is 12.2. The summed E-state index contributed by atoms with van der Waals surface area (Å²) < 4.78 is 15.6. The Bertz CT molecular complexity index is 2030. The topological polar surface area (TPSA) is 216 Å². The summed E-state index contributed by atoms with van der Waals surface area (Å²) in [7, 11) is 0. The number of hydrogen-bond donors (Lipinski definition) is 5. The van der Waals surface area contributed by atoms with Gasteiger partial charge >= 0.3 is 30.0 Å². The van der Waals surface area contributed by atoms with Gasteiger partial charge in [0.1, 0.15) is 24.4 Å². The first-order chi connectivity index (χ1) is 28.9. The molecule has 4 aromatic rings. The van der Waals surface area contributed by atoms with Gasteiger partial charge in [-0.1, -0.05) is 92.7 Å². The van der Waals surface area contributed by atoms with E-state index in [1.54, 1.807) is 72.8 Å². The third-order valence-corrected chi connectivity index (χ3v) is 8.94. The molecule has 0 saturated heterocycles. The Kier molecular flexibility index (Phi) is 18.4. The number of esters is 3. The summed E-state index contributed by atoms with van der Waals surface area (Å²) in [4.78, 5) is 89.7. The molecule has 0 spiro atoms. The number of benzene rings is 4. The number of carboxylic acid groups (broad SMARTS) is 1. The Morgan fingerprint density at radius 2 is 1.18 bits per heavy atom. The number of nitrogens with one attached hydrogen (secondary N) is 4. The summed E-state index contributed by atoms with van der Waals surface area (Å²) in [6, 6.07) is 28.2. The van der Waals surface area contributed by atoms with E-state index in [4.69, 9.17) is 14.2 Å². The average Bonchev–Trinajstić information content (AvgIpc) is 3.24. The lowest BCUT2D eigenvalue weighted by molar-refractivity contribution is -0.143. The van der Waals surface area contributed by atoms with Crippen LogP contribution in [0.1, 0.15) is 77.8 Å². The Morgan fingerprint density at radius 1 is 0.617 bits per heavy atom. The lowest BCUT2D eigenvalue weighted by Crippen LogP contribution is -2.56. The van der Waals surface area contributed by atoms with Crippen molar-refractivity contribution < 1.29 is 52.9 Å². The first-order valence-electron chi connectivity index (χ1n) is 19.6. The minimum absolute atomic E-state index is 0.00964. The first-order valence-corrected chi connectivity index (χ1v) is 19.6. The van der Waals surface area contributed by atoms with Crippen LogP contribution in [0.2, 0.25) is 0 Å².